The van der Waals surface area contributed by atoms with Crippen molar-refractivity contribution in [1.29, 1.82) is 0 Å². The van der Waals surface area contributed by atoms with Gasteiger partial charge in [-0.15, -0.1) is 0 Å². The normalized spacial score (nSPS) is 17.7. The van der Waals surface area contributed by atoms with Gasteiger partial charge in [-0.05, 0) is 44.6 Å². The second kappa shape index (κ2) is 8.69. The molecule has 1 aromatic carbocycles. The van der Waals surface area contributed by atoms with E-state index in [2.05, 4.69) is 28.5 Å². The zero-order valence-electron chi connectivity index (χ0n) is 15.6. The molecule has 2 heterocycles. The van der Waals surface area contributed by atoms with Crippen LogP contribution in [0.4, 0.5) is 0 Å². The van der Waals surface area contributed by atoms with E-state index >= 15 is 0 Å². The number of aromatic nitrogens is 2. The molecule has 1 aliphatic rings. The van der Waals surface area contributed by atoms with Gasteiger partial charge in [-0.25, -0.2) is 4.98 Å². The van der Waals surface area contributed by atoms with Crippen LogP contribution in [0, 0.1) is 0 Å². The van der Waals surface area contributed by atoms with Crippen molar-refractivity contribution < 1.29 is 4.79 Å². The topological polar surface area (TPSA) is 41.4 Å². The molecule has 0 saturated carbocycles. The van der Waals surface area contributed by atoms with E-state index in [-0.39, 0.29) is 5.91 Å². The molecule has 0 unspecified atom stereocenters. The van der Waals surface area contributed by atoms with Crippen molar-refractivity contribution in [3.63, 3.8) is 0 Å². The third-order valence-electron chi connectivity index (χ3n) is 4.92. The van der Waals surface area contributed by atoms with Crippen LogP contribution in [-0.4, -0.2) is 59.0 Å². The van der Waals surface area contributed by atoms with Crippen LogP contribution in [0.2, 0.25) is 5.02 Å². The highest BCUT2D eigenvalue weighted by Crippen LogP contribution is 2.26. The van der Waals surface area contributed by atoms with Gasteiger partial charge in [0.25, 0.3) is 0 Å². The number of carbonyl (C=O) groups is 1. The lowest BCUT2D eigenvalue weighted by atomic mass is 9.96. The number of likely N-dealkylation sites (tertiary alicyclic amines) is 1. The number of benzene rings is 1. The Morgan fingerprint density at radius 1 is 1.38 bits per heavy atom. The number of hydrogen-bond acceptors (Lipinski definition) is 3. The first-order valence-electron chi connectivity index (χ1n) is 9.21. The number of carbonyl (C=O) groups excluding carboxylic acids is 1. The van der Waals surface area contributed by atoms with Crippen molar-refractivity contribution in [2.45, 2.75) is 31.7 Å². The van der Waals surface area contributed by atoms with Gasteiger partial charge < -0.3 is 14.4 Å². The van der Waals surface area contributed by atoms with Crippen LogP contribution in [-0.2, 0) is 17.8 Å². The molecule has 3 rings (SSSR count). The fourth-order valence-electron chi connectivity index (χ4n) is 3.53. The quantitative estimate of drug-likeness (QED) is 0.780. The molecule has 1 atom stereocenters. The average molecular weight is 375 g/mol. The molecule has 0 spiro atoms. The summed E-state index contributed by atoms with van der Waals surface area (Å²) >= 11 is 6.03. The Bertz CT molecular complexity index is 743. The highest BCUT2D eigenvalue weighted by molar-refractivity contribution is 6.30. The Kier molecular flexibility index (Phi) is 6.33. The van der Waals surface area contributed by atoms with Crippen molar-refractivity contribution in [1.82, 2.24) is 19.4 Å². The second-order valence-electron chi connectivity index (χ2n) is 7.27. The first-order chi connectivity index (χ1) is 12.5. The molecule has 0 bridgehead atoms. The molecule has 1 aromatic heterocycles. The van der Waals surface area contributed by atoms with Gasteiger partial charge >= 0.3 is 0 Å². The number of hydrogen-bond donors (Lipinski definition) is 0. The van der Waals surface area contributed by atoms with Gasteiger partial charge in [-0.3, -0.25) is 4.79 Å². The maximum absolute atomic E-state index is 12.7. The molecule has 26 heavy (non-hydrogen) atoms. The highest BCUT2D eigenvalue weighted by Gasteiger charge is 2.27. The molecule has 2 aromatic rings. The fourth-order valence-corrected chi connectivity index (χ4v) is 3.74. The van der Waals surface area contributed by atoms with Crippen LogP contribution in [0.1, 0.15) is 30.1 Å². The molecule has 0 aliphatic carbocycles. The van der Waals surface area contributed by atoms with E-state index in [0.717, 1.165) is 50.4 Å². The van der Waals surface area contributed by atoms with E-state index in [1.165, 1.54) is 0 Å². The predicted molar refractivity (Wildman–Crippen MR) is 104 cm³/mol. The molecule has 1 saturated heterocycles. The first kappa shape index (κ1) is 18.9. The predicted octanol–water partition coefficient (Wildman–Crippen LogP) is 3.05. The minimum atomic E-state index is 0.170. The van der Waals surface area contributed by atoms with Gasteiger partial charge in [-0.2, -0.15) is 0 Å². The number of rotatable bonds is 6. The number of likely N-dealkylation sites (N-methyl/N-ethyl adjacent to an activating group) is 1. The van der Waals surface area contributed by atoms with Gasteiger partial charge in [0.1, 0.15) is 5.82 Å². The van der Waals surface area contributed by atoms with E-state index in [1.807, 2.05) is 41.6 Å². The summed E-state index contributed by atoms with van der Waals surface area (Å²) < 4.78 is 2.23. The summed E-state index contributed by atoms with van der Waals surface area (Å²) in [5.74, 6) is 1.58. The SMILES string of the molecule is CN(C)CCn1ccnc1[C@@H]1CCCN(C(=O)Cc2cccc(Cl)c2)C1. The van der Waals surface area contributed by atoms with Crippen LogP contribution in [0.5, 0.6) is 0 Å². The minimum Gasteiger partial charge on any atom is -0.342 e. The smallest absolute Gasteiger partial charge is 0.227 e. The van der Waals surface area contributed by atoms with Gasteiger partial charge in [0, 0.05) is 49.5 Å². The summed E-state index contributed by atoms with van der Waals surface area (Å²) in [6.45, 7) is 3.48. The Morgan fingerprint density at radius 2 is 2.23 bits per heavy atom. The van der Waals surface area contributed by atoms with Crippen LogP contribution in [0.15, 0.2) is 36.7 Å². The largest absolute Gasteiger partial charge is 0.342 e. The van der Waals surface area contributed by atoms with Crippen LogP contribution in [0.25, 0.3) is 0 Å². The summed E-state index contributed by atoms with van der Waals surface area (Å²) in [6, 6.07) is 7.56. The molecule has 0 radical (unpaired) electrons. The Balaban J connectivity index is 1.64. The summed E-state index contributed by atoms with van der Waals surface area (Å²) in [4.78, 5) is 21.5. The van der Waals surface area contributed by atoms with Gasteiger partial charge in [0.2, 0.25) is 5.91 Å². The van der Waals surface area contributed by atoms with Crippen molar-refractivity contribution in [2.75, 3.05) is 33.7 Å². The first-order valence-corrected chi connectivity index (χ1v) is 9.58. The monoisotopic (exact) mass is 374 g/mol. The number of halogens is 1. The van der Waals surface area contributed by atoms with Crippen molar-refractivity contribution in [2.24, 2.45) is 0 Å². The number of amides is 1. The molecule has 1 aliphatic heterocycles. The highest BCUT2D eigenvalue weighted by atomic mass is 35.5. The van der Waals surface area contributed by atoms with Gasteiger partial charge in [0.05, 0.1) is 6.42 Å². The zero-order valence-corrected chi connectivity index (χ0v) is 16.3. The Hall–Kier alpha value is -1.85. The zero-order chi connectivity index (χ0) is 18.5. The molecule has 140 valence electrons. The third kappa shape index (κ3) is 4.86. The number of nitrogens with zero attached hydrogens (tertiary/aromatic N) is 4. The second-order valence-corrected chi connectivity index (χ2v) is 7.70. The Labute approximate surface area is 160 Å². The minimum absolute atomic E-state index is 0.170. The molecule has 1 amide bonds. The number of imidazole rings is 1. The maximum Gasteiger partial charge on any atom is 0.227 e. The molecule has 0 N–H and O–H groups in total. The van der Waals surface area contributed by atoms with E-state index in [1.54, 1.807) is 0 Å². The summed E-state index contributed by atoms with van der Waals surface area (Å²) in [7, 11) is 4.15. The molecular formula is C20H27ClN4O. The van der Waals surface area contributed by atoms with Gasteiger partial charge in [0.15, 0.2) is 0 Å². The molecule has 5 nitrogen and oxygen atoms in total. The Morgan fingerprint density at radius 3 is 3.00 bits per heavy atom. The molecule has 6 heteroatoms. The van der Waals surface area contributed by atoms with Crippen LogP contribution >= 0.6 is 11.6 Å². The van der Waals surface area contributed by atoms with Crippen LogP contribution in [0.3, 0.4) is 0 Å². The fraction of sp³-hybridized carbons (Fsp3) is 0.500. The van der Waals surface area contributed by atoms with Crippen molar-refractivity contribution in [3.8, 4) is 0 Å². The van der Waals surface area contributed by atoms with Crippen molar-refractivity contribution in [3.05, 3.63) is 53.1 Å². The summed E-state index contributed by atoms with van der Waals surface area (Å²) in [5.41, 5.74) is 0.970. The molecular weight excluding hydrogens is 348 g/mol. The van der Waals surface area contributed by atoms with E-state index in [4.69, 9.17) is 11.6 Å². The average Bonchev–Trinajstić information content (AvgIpc) is 3.08. The third-order valence-corrected chi connectivity index (χ3v) is 5.15. The standard InChI is InChI=1S/C20H27ClN4O/c1-23(2)11-12-24-10-8-22-20(24)17-6-4-9-25(15-17)19(26)14-16-5-3-7-18(21)13-16/h3,5,7-8,10,13,17H,4,6,9,11-12,14-15H2,1-2H3/t17-/m1/s1. The van der Waals surface area contributed by atoms with E-state index in [9.17, 15) is 4.79 Å². The summed E-state index contributed by atoms with van der Waals surface area (Å²) in [6.07, 6.45) is 6.43. The van der Waals surface area contributed by atoms with Crippen LogP contribution < -0.4 is 0 Å². The molecule has 1 fully saturated rings. The van der Waals surface area contributed by atoms with E-state index in [0.29, 0.717) is 17.4 Å². The lowest BCUT2D eigenvalue weighted by Gasteiger charge is -2.33. The van der Waals surface area contributed by atoms with E-state index < -0.39 is 0 Å². The lowest BCUT2D eigenvalue weighted by molar-refractivity contribution is -0.131. The number of piperidine rings is 1. The maximum atomic E-state index is 12.7. The summed E-state index contributed by atoms with van der Waals surface area (Å²) in [5, 5.41) is 0.676. The van der Waals surface area contributed by atoms with Crippen molar-refractivity contribution >= 4 is 17.5 Å². The van der Waals surface area contributed by atoms with Gasteiger partial charge in [-0.1, -0.05) is 23.7 Å². The lowest BCUT2D eigenvalue weighted by Crippen LogP contribution is -2.40.